The van der Waals surface area contributed by atoms with Crippen LogP contribution in [0.25, 0.3) is 0 Å². The molecular formula is C8H8BrClO2. The molecule has 12 heavy (non-hydrogen) atoms. The lowest BCUT2D eigenvalue weighted by atomic mass is 10.3. The normalized spacial score (nSPS) is 9.92. The molecule has 0 aliphatic carbocycles. The standard InChI is InChI=1S/C8H8BrClO2/c9-7-2-1-6(10)5-8(7)12-4-3-11/h1-2,5,11H,3-4H2. The molecule has 0 atom stereocenters. The third-order valence-corrected chi connectivity index (χ3v) is 2.13. The summed E-state index contributed by atoms with van der Waals surface area (Å²) >= 11 is 9.03. The molecule has 1 aromatic rings. The fourth-order valence-corrected chi connectivity index (χ4v) is 1.27. The van der Waals surface area contributed by atoms with E-state index in [-0.39, 0.29) is 13.2 Å². The lowest BCUT2D eigenvalue weighted by Gasteiger charge is -2.06. The predicted octanol–water partition coefficient (Wildman–Crippen LogP) is 2.47. The van der Waals surface area contributed by atoms with Crippen molar-refractivity contribution < 1.29 is 9.84 Å². The summed E-state index contributed by atoms with van der Waals surface area (Å²) in [6, 6.07) is 5.26. The Morgan fingerprint density at radius 3 is 2.92 bits per heavy atom. The Balaban J connectivity index is 2.75. The van der Waals surface area contributed by atoms with E-state index in [1.54, 1.807) is 18.2 Å². The van der Waals surface area contributed by atoms with Gasteiger partial charge in [0.2, 0.25) is 0 Å². The fourth-order valence-electron chi connectivity index (χ4n) is 0.743. The largest absolute Gasteiger partial charge is 0.490 e. The number of halogens is 2. The van der Waals surface area contributed by atoms with Gasteiger partial charge >= 0.3 is 0 Å². The van der Waals surface area contributed by atoms with E-state index in [0.717, 1.165) is 4.47 Å². The Morgan fingerprint density at radius 2 is 2.25 bits per heavy atom. The van der Waals surface area contributed by atoms with Crippen LogP contribution >= 0.6 is 27.5 Å². The van der Waals surface area contributed by atoms with Crippen molar-refractivity contribution in [1.29, 1.82) is 0 Å². The van der Waals surface area contributed by atoms with Crippen LogP contribution in [0.1, 0.15) is 0 Å². The molecule has 4 heteroatoms. The van der Waals surface area contributed by atoms with Gasteiger partial charge in [0.1, 0.15) is 12.4 Å². The summed E-state index contributed by atoms with van der Waals surface area (Å²) in [6.07, 6.45) is 0. The van der Waals surface area contributed by atoms with E-state index in [4.69, 9.17) is 21.4 Å². The van der Waals surface area contributed by atoms with Gasteiger partial charge in [0.15, 0.2) is 0 Å². The maximum atomic E-state index is 8.51. The van der Waals surface area contributed by atoms with Crippen molar-refractivity contribution >= 4 is 27.5 Å². The number of hydrogen-bond donors (Lipinski definition) is 1. The number of ether oxygens (including phenoxy) is 1. The van der Waals surface area contributed by atoms with Crippen LogP contribution in [0.15, 0.2) is 22.7 Å². The molecule has 0 unspecified atom stereocenters. The van der Waals surface area contributed by atoms with Gasteiger partial charge in [-0.05, 0) is 34.1 Å². The van der Waals surface area contributed by atoms with Crippen molar-refractivity contribution in [2.24, 2.45) is 0 Å². The van der Waals surface area contributed by atoms with Gasteiger partial charge in [-0.3, -0.25) is 0 Å². The Hall–Kier alpha value is -0.250. The molecule has 0 amide bonds. The average Bonchev–Trinajstić information content (AvgIpc) is 2.07. The Morgan fingerprint density at radius 1 is 1.50 bits per heavy atom. The van der Waals surface area contributed by atoms with E-state index in [9.17, 15) is 0 Å². The second-order valence-corrected chi connectivity index (χ2v) is 3.44. The van der Waals surface area contributed by atoms with Crippen molar-refractivity contribution in [3.63, 3.8) is 0 Å². The second-order valence-electron chi connectivity index (χ2n) is 2.15. The molecule has 0 aliphatic rings. The van der Waals surface area contributed by atoms with Crippen LogP contribution in [-0.4, -0.2) is 18.3 Å². The van der Waals surface area contributed by atoms with Crippen molar-refractivity contribution in [2.45, 2.75) is 0 Å². The number of hydrogen-bond acceptors (Lipinski definition) is 2. The minimum Gasteiger partial charge on any atom is -0.490 e. The van der Waals surface area contributed by atoms with E-state index in [1.165, 1.54) is 0 Å². The molecule has 0 saturated carbocycles. The Kier molecular flexibility index (Phi) is 3.85. The van der Waals surface area contributed by atoms with Crippen LogP contribution in [0.5, 0.6) is 5.75 Å². The zero-order chi connectivity index (χ0) is 8.97. The van der Waals surface area contributed by atoms with Crippen LogP contribution in [0, 0.1) is 0 Å². The van der Waals surface area contributed by atoms with Gasteiger partial charge in [0, 0.05) is 5.02 Å². The number of rotatable bonds is 3. The van der Waals surface area contributed by atoms with Gasteiger partial charge in [-0.15, -0.1) is 0 Å². The molecule has 0 spiro atoms. The van der Waals surface area contributed by atoms with Gasteiger partial charge < -0.3 is 9.84 Å². The van der Waals surface area contributed by atoms with Crippen LogP contribution in [0.3, 0.4) is 0 Å². The highest BCUT2D eigenvalue weighted by Gasteiger charge is 2.00. The minimum atomic E-state index is -0.00104. The third-order valence-electron chi connectivity index (χ3n) is 1.24. The zero-order valence-electron chi connectivity index (χ0n) is 6.26. The smallest absolute Gasteiger partial charge is 0.135 e. The highest BCUT2D eigenvalue weighted by Crippen LogP contribution is 2.27. The third kappa shape index (κ3) is 2.66. The molecule has 2 nitrogen and oxygen atoms in total. The van der Waals surface area contributed by atoms with Gasteiger partial charge in [-0.1, -0.05) is 11.6 Å². The molecule has 0 fully saturated rings. The first-order chi connectivity index (χ1) is 5.74. The summed E-state index contributed by atoms with van der Waals surface area (Å²) in [5.74, 6) is 0.650. The van der Waals surface area contributed by atoms with Crippen LogP contribution in [0.4, 0.5) is 0 Å². The molecule has 1 aromatic carbocycles. The monoisotopic (exact) mass is 250 g/mol. The lowest BCUT2D eigenvalue weighted by Crippen LogP contribution is -2.01. The summed E-state index contributed by atoms with van der Waals surface area (Å²) < 4.78 is 6.02. The maximum Gasteiger partial charge on any atom is 0.135 e. The Bertz CT molecular complexity index is 265. The maximum absolute atomic E-state index is 8.51. The molecule has 66 valence electrons. The van der Waals surface area contributed by atoms with Gasteiger partial charge in [0.05, 0.1) is 11.1 Å². The molecule has 0 aliphatic heterocycles. The highest BCUT2D eigenvalue weighted by molar-refractivity contribution is 9.10. The van der Waals surface area contributed by atoms with E-state index in [0.29, 0.717) is 10.8 Å². The average molecular weight is 252 g/mol. The van der Waals surface area contributed by atoms with Crippen LogP contribution in [-0.2, 0) is 0 Å². The first-order valence-electron chi connectivity index (χ1n) is 3.43. The van der Waals surface area contributed by atoms with Gasteiger partial charge in [-0.2, -0.15) is 0 Å². The summed E-state index contributed by atoms with van der Waals surface area (Å²) in [5, 5.41) is 9.13. The second kappa shape index (κ2) is 4.70. The number of aliphatic hydroxyl groups excluding tert-OH is 1. The van der Waals surface area contributed by atoms with E-state index in [2.05, 4.69) is 15.9 Å². The number of aliphatic hydroxyl groups is 1. The van der Waals surface area contributed by atoms with Crippen molar-refractivity contribution in [3.8, 4) is 5.75 Å². The molecule has 0 radical (unpaired) electrons. The van der Waals surface area contributed by atoms with E-state index < -0.39 is 0 Å². The zero-order valence-corrected chi connectivity index (χ0v) is 8.60. The van der Waals surface area contributed by atoms with Crippen LogP contribution < -0.4 is 4.74 Å². The van der Waals surface area contributed by atoms with Crippen molar-refractivity contribution in [3.05, 3.63) is 27.7 Å². The molecule has 0 bridgehead atoms. The first kappa shape index (κ1) is 9.84. The molecule has 0 saturated heterocycles. The van der Waals surface area contributed by atoms with E-state index in [1.807, 2.05) is 0 Å². The summed E-state index contributed by atoms with van der Waals surface area (Å²) in [6.45, 7) is 0.276. The molecule has 1 N–H and O–H groups in total. The molecule has 0 aromatic heterocycles. The molecule has 0 heterocycles. The quantitative estimate of drug-likeness (QED) is 0.894. The van der Waals surface area contributed by atoms with Gasteiger partial charge in [-0.25, -0.2) is 0 Å². The number of benzene rings is 1. The lowest BCUT2D eigenvalue weighted by molar-refractivity contribution is 0.200. The topological polar surface area (TPSA) is 29.5 Å². The molecular weight excluding hydrogens is 243 g/mol. The highest BCUT2D eigenvalue weighted by atomic mass is 79.9. The predicted molar refractivity (Wildman–Crippen MR) is 51.7 cm³/mol. The summed E-state index contributed by atoms with van der Waals surface area (Å²) in [5.41, 5.74) is 0. The van der Waals surface area contributed by atoms with Crippen LogP contribution in [0.2, 0.25) is 5.02 Å². The summed E-state index contributed by atoms with van der Waals surface area (Å²) in [7, 11) is 0. The Labute approximate surface area is 84.2 Å². The fraction of sp³-hybridized carbons (Fsp3) is 0.250. The van der Waals surface area contributed by atoms with Crippen molar-refractivity contribution in [1.82, 2.24) is 0 Å². The summed E-state index contributed by atoms with van der Waals surface area (Å²) in [4.78, 5) is 0. The van der Waals surface area contributed by atoms with Gasteiger partial charge in [0.25, 0.3) is 0 Å². The molecule has 1 rings (SSSR count). The first-order valence-corrected chi connectivity index (χ1v) is 4.60. The SMILES string of the molecule is OCCOc1cc(Cl)ccc1Br. The minimum absolute atomic E-state index is 0.00104. The van der Waals surface area contributed by atoms with E-state index >= 15 is 0 Å². The van der Waals surface area contributed by atoms with Crippen molar-refractivity contribution in [2.75, 3.05) is 13.2 Å².